The summed E-state index contributed by atoms with van der Waals surface area (Å²) in [4.78, 5) is 26.1. The average molecular weight is 413 g/mol. The standard InChI is InChI=1S/C17H18Cl2N4O2S/c18-12-4-3-10(6-13(12)19)14-7-15(26-22-14)17(25)21-11-2-1-5-23(8-11)9-16(20)24/h3-4,6-7,11H,1-2,5,8-9H2,(H2,20,24)(H,21,25). The molecule has 138 valence electrons. The molecule has 1 aromatic carbocycles. The second-order valence-corrected chi connectivity index (χ2v) is 7.84. The van der Waals surface area contributed by atoms with Crippen LogP contribution in [0.5, 0.6) is 0 Å². The molecular weight excluding hydrogens is 395 g/mol. The summed E-state index contributed by atoms with van der Waals surface area (Å²) in [5.41, 5.74) is 6.73. The van der Waals surface area contributed by atoms with Gasteiger partial charge in [0.05, 0.1) is 22.3 Å². The van der Waals surface area contributed by atoms with E-state index in [9.17, 15) is 9.59 Å². The van der Waals surface area contributed by atoms with Crippen molar-refractivity contribution in [3.05, 3.63) is 39.2 Å². The van der Waals surface area contributed by atoms with Gasteiger partial charge in [-0.1, -0.05) is 29.3 Å². The Labute approximate surface area is 165 Å². The lowest BCUT2D eigenvalue weighted by Crippen LogP contribution is -2.49. The summed E-state index contributed by atoms with van der Waals surface area (Å²) in [6.07, 6.45) is 1.79. The second kappa shape index (κ2) is 8.35. The highest BCUT2D eigenvalue weighted by Crippen LogP contribution is 2.29. The van der Waals surface area contributed by atoms with Gasteiger partial charge in [0.15, 0.2) is 0 Å². The maximum Gasteiger partial charge on any atom is 0.263 e. The van der Waals surface area contributed by atoms with Crippen LogP contribution in [0.2, 0.25) is 10.0 Å². The van der Waals surface area contributed by atoms with Gasteiger partial charge in [-0.2, -0.15) is 4.37 Å². The smallest absolute Gasteiger partial charge is 0.263 e. The lowest BCUT2D eigenvalue weighted by atomic mass is 10.1. The molecule has 1 aliphatic heterocycles. The zero-order chi connectivity index (χ0) is 18.7. The summed E-state index contributed by atoms with van der Waals surface area (Å²) >= 11 is 13.1. The number of halogens is 2. The average Bonchev–Trinajstić information content (AvgIpc) is 3.07. The number of likely N-dealkylation sites (tertiary alicyclic amines) is 1. The fourth-order valence-corrected chi connectivity index (χ4v) is 3.93. The van der Waals surface area contributed by atoms with E-state index in [0.29, 0.717) is 27.2 Å². The molecule has 1 atom stereocenters. The van der Waals surface area contributed by atoms with E-state index in [0.717, 1.165) is 36.5 Å². The van der Waals surface area contributed by atoms with Gasteiger partial charge in [-0.3, -0.25) is 14.5 Å². The quantitative estimate of drug-likeness (QED) is 0.789. The lowest BCUT2D eigenvalue weighted by Gasteiger charge is -2.32. The zero-order valence-electron chi connectivity index (χ0n) is 13.9. The highest BCUT2D eigenvalue weighted by Gasteiger charge is 2.23. The number of primary amides is 1. The number of rotatable bonds is 5. The summed E-state index contributed by atoms with van der Waals surface area (Å²) in [5, 5.41) is 3.93. The van der Waals surface area contributed by atoms with Crippen LogP contribution in [0.1, 0.15) is 22.5 Å². The van der Waals surface area contributed by atoms with Crippen molar-refractivity contribution in [2.24, 2.45) is 5.73 Å². The number of nitrogens with two attached hydrogens (primary N) is 1. The van der Waals surface area contributed by atoms with Gasteiger partial charge in [0, 0.05) is 18.2 Å². The van der Waals surface area contributed by atoms with Crippen molar-refractivity contribution in [1.29, 1.82) is 0 Å². The Balaban J connectivity index is 1.64. The number of hydrogen-bond acceptors (Lipinski definition) is 5. The molecule has 0 radical (unpaired) electrons. The van der Waals surface area contributed by atoms with Crippen molar-refractivity contribution >= 4 is 46.5 Å². The van der Waals surface area contributed by atoms with Crippen molar-refractivity contribution in [2.45, 2.75) is 18.9 Å². The molecule has 0 aliphatic carbocycles. The second-order valence-electron chi connectivity index (χ2n) is 6.22. The van der Waals surface area contributed by atoms with E-state index >= 15 is 0 Å². The van der Waals surface area contributed by atoms with Gasteiger partial charge >= 0.3 is 0 Å². The van der Waals surface area contributed by atoms with E-state index in [1.807, 2.05) is 11.0 Å². The minimum Gasteiger partial charge on any atom is -0.369 e. The minimum atomic E-state index is -0.356. The van der Waals surface area contributed by atoms with Crippen molar-refractivity contribution in [1.82, 2.24) is 14.6 Å². The fraction of sp³-hybridized carbons (Fsp3) is 0.353. The molecule has 3 rings (SSSR count). The molecule has 9 heteroatoms. The van der Waals surface area contributed by atoms with Crippen molar-refractivity contribution in [2.75, 3.05) is 19.6 Å². The third kappa shape index (κ3) is 4.73. The fourth-order valence-electron chi connectivity index (χ4n) is 2.97. The van der Waals surface area contributed by atoms with Crippen molar-refractivity contribution < 1.29 is 9.59 Å². The molecule has 1 saturated heterocycles. The molecule has 3 N–H and O–H groups in total. The van der Waals surface area contributed by atoms with Gasteiger partial charge in [0.25, 0.3) is 5.91 Å². The Bertz CT molecular complexity index is 827. The minimum absolute atomic E-state index is 0.00822. The molecule has 2 amide bonds. The van der Waals surface area contributed by atoms with Crippen LogP contribution >= 0.6 is 34.7 Å². The first-order chi connectivity index (χ1) is 12.4. The van der Waals surface area contributed by atoms with Crippen LogP contribution in [-0.2, 0) is 4.79 Å². The number of carbonyl (C=O) groups excluding carboxylic acids is 2. The number of nitrogens with one attached hydrogen (secondary N) is 1. The predicted molar refractivity (Wildman–Crippen MR) is 104 cm³/mol. The normalized spacial score (nSPS) is 17.8. The first-order valence-corrected chi connectivity index (χ1v) is 9.69. The molecule has 1 fully saturated rings. The number of piperidine rings is 1. The third-order valence-corrected chi connectivity index (χ3v) is 5.70. The zero-order valence-corrected chi connectivity index (χ0v) is 16.2. The van der Waals surface area contributed by atoms with Crippen LogP contribution < -0.4 is 11.1 Å². The number of amides is 2. The Morgan fingerprint density at radius 2 is 2.12 bits per heavy atom. The first kappa shape index (κ1) is 19.1. The summed E-state index contributed by atoms with van der Waals surface area (Å²) in [6, 6.07) is 6.97. The Morgan fingerprint density at radius 1 is 1.31 bits per heavy atom. The number of benzene rings is 1. The maximum absolute atomic E-state index is 12.5. The highest BCUT2D eigenvalue weighted by atomic mass is 35.5. The molecule has 6 nitrogen and oxygen atoms in total. The number of hydrogen-bond donors (Lipinski definition) is 2. The summed E-state index contributed by atoms with van der Waals surface area (Å²) in [7, 11) is 0. The molecule has 1 aliphatic rings. The third-order valence-electron chi connectivity index (χ3n) is 4.17. The highest BCUT2D eigenvalue weighted by molar-refractivity contribution is 7.08. The van der Waals surface area contributed by atoms with Crippen LogP contribution in [0.4, 0.5) is 0 Å². The summed E-state index contributed by atoms with van der Waals surface area (Å²) in [5.74, 6) is -0.523. The molecule has 2 aromatic rings. The molecule has 0 saturated carbocycles. The largest absolute Gasteiger partial charge is 0.369 e. The van der Waals surface area contributed by atoms with Crippen LogP contribution in [0.3, 0.4) is 0 Å². The Morgan fingerprint density at radius 3 is 2.85 bits per heavy atom. The molecule has 1 unspecified atom stereocenters. The van der Waals surface area contributed by atoms with E-state index in [4.69, 9.17) is 28.9 Å². The van der Waals surface area contributed by atoms with E-state index < -0.39 is 0 Å². The Hall–Kier alpha value is -1.67. The van der Waals surface area contributed by atoms with E-state index in [1.165, 1.54) is 0 Å². The van der Waals surface area contributed by atoms with Crippen LogP contribution in [0.15, 0.2) is 24.3 Å². The van der Waals surface area contributed by atoms with Crippen molar-refractivity contribution in [3.8, 4) is 11.3 Å². The molecule has 26 heavy (non-hydrogen) atoms. The summed E-state index contributed by atoms with van der Waals surface area (Å²) in [6.45, 7) is 1.65. The topological polar surface area (TPSA) is 88.3 Å². The van der Waals surface area contributed by atoms with Crippen LogP contribution in [-0.4, -0.2) is 46.8 Å². The first-order valence-electron chi connectivity index (χ1n) is 8.16. The molecule has 1 aromatic heterocycles. The monoisotopic (exact) mass is 412 g/mol. The summed E-state index contributed by atoms with van der Waals surface area (Å²) < 4.78 is 4.33. The Kier molecular flexibility index (Phi) is 6.13. The van der Waals surface area contributed by atoms with E-state index in [2.05, 4.69) is 9.69 Å². The number of carbonyl (C=O) groups is 2. The molecule has 2 heterocycles. The maximum atomic E-state index is 12.5. The van der Waals surface area contributed by atoms with Gasteiger partial charge in [-0.15, -0.1) is 0 Å². The van der Waals surface area contributed by atoms with Gasteiger partial charge in [-0.25, -0.2) is 0 Å². The van der Waals surface area contributed by atoms with Gasteiger partial charge in [0.2, 0.25) is 5.91 Å². The van der Waals surface area contributed by atoms with Crippen LogP contribution in [0.25, 0.3) is 11.3 Å². The van der Waals surface area contributed by atoms with Gasteiger partial charge < -0.3 is 11.1 Å². The SMILES string of the molecule is NC(=O)CN1CCCC(NC(=O)c2cc(-c3ccc(Cl)c(Cl)c3)ns2)C1. The van der Waals surface area contributed by atoms with Crippen molar-refractivity contribution in [3.63, 3.8) is 0 Å². The van der Waals surface area contributed by atoms with Crippen LogP contribution in [0, 0.1) is 0 Å². The van der Waals surface area contributed by atoms with E-state index in [1.54, 1.807) is 18.2 Å². The molecule has 0 bridgehead atoms. The van der Waals surface area contributed by atoms with Gasteiger partial charge in [0.1, 0.15) is 4.88 Å². The lowest BCUT2D eigenvalue weighted by molar-refractivity contribution is -0.119. The number of nitrogens with zero attached hydrogens (tertiary/aromatic N) is 2. The molecular formula is C17H18Cl2N4O2S. The number of aromatic nitrogens is 1. The van der Waals surface area contributed by atoms with Gasteiger partial charge in [-0.05, 0) is 49.1 Å². The molecule has 0 spiro atoms. The predicted octanol–water partition coefficient (Wildman–Crippen LogP) is 2.80. The van der Waals surface area contributed by atoms with E-state index in [-0.39, 0.29) is 24.4 Å².